The number of hydrogen-bond donors (Lipinski definition) is 2. The smallest absolute Gasteiger partial charge is 0.239 e. The van der Waals surface area contributed by atoms with Crippen LogP contribution in [0.4, 0.5) is 0 Å². The zero-order chi connectivity index (χ0) is 12.6. The van der Waals surface area contributed by atoms with E-state index >= 15 is 0 Å². The molecule has 0 aliphatic rings. The van der Waals surface area contributed by atoms with Crippen molar-refractivity contribution >= 4 is 17.5 Å². The molecule has 0 radical (unpaired) electrons. The summed E-state index contributed by atoms with van der Waals surface area (Å²) in [6, 6.07) is 0.172. The minimum absolute atomic E-state index is 0.0682. The minimum atomic E-state index is -0.151. The minimum Gasteiger partial charge on any atom is -0.353 e. The summed E-state index contributed by atoms with van der Waals surface area (Å²) in [5.74, 6) is -0.219. The molecule has 2 amide bonds. The third-order valence-corrected chi connectivity index (χ3v) is 2.13. The second-order valence-electron chi connectivity index (χ2n) is 3.79. The van der Waals surface area contributed by atoms with Gasteiger partial charge in [-0.25, -0.2) is 5.43 Å². The van der Waals surface area contributed by atoms with Crippen molar-refractivity contribution in [3.8, 4) is 0 Å². The van der Waals surface area contributed by atoms with Crippen molar-refractivity contribution in [2.45, 2.75) is 53.0 Å². The average Bonchev–Trinajstić information content (AvgIpc) is 2.25. The second-order valence-corrected chi connectivity index (χ2v) is 3.79. The van der Waals surface area contributed by atoms with Crippen LogP contribution < -0.4 is 10.7 Å². The second kappa shape index (κ2) is 7.84. The van der Waals surface area contributed by atoms with E-state index in [9.17, 15) is 9.59 Å². The van der Waals surface area contributed by atoms with Gasteiger partial charge in [0.25, 0.3) is 0 Å². The highest BCUT2D eigenvalue weighted by atomic mass is 16.2. The number of amides is 2. The van der Waals surface area contributed by atoms with Crippen molar-refractivity contribution < 1.29 is 9.59 Å². The largest absolute Gasteiger partial charge is 0.353 e. The zero-order valence-corrected chi connectivity index (χ0v) is 10.5. The predicted octanol–water partition coefficient (Wildman–Crippen LogP) is 1.19. The van der Waals surface area contributed by atoms with Gasteiger partial charge in [-0.3, -0.25) is 9.59 Å². The normalized spacial score (nSPS) is 13.1. The molecule has 0 saturated heterocycles. The Hall–Kier alpha value is -1.39. The zero-order valence-electron chi connectivity index (χ0n) is 10.5. The van der Waals surface area contributed by atoms with Crippen LogP contribution in [0.25, 0.3) is 0 Å². The summed E-state index contributed by atoms with van der Waals surface area (Å²) in [7, 11) is 0. The van der Waals surface area contributed by atoms with Crippen molar-refractivity contribution in [2.24, 2.45) is 5.10 Å². The lowest BCUT2D eigenvalue weighted by Crippen LogP contribution is -2.33. The maximum atomic E-state index is 11.4. The Kier molecular flexibility index (Phi) is 7.16. The molecule has 0 aromatic rings. The molecule has 5 nitrogen and oxygen atoms in total. The van der Waals surface area contributed by atoms with E-state index in [-0.39, 0.29) is 24.3 Å². The molecule has 0 aromatic heterocycles. The Morgan fingerprint density at radius 1 is 1.25 bits per heavy atom. The SMILES string of the molecule is CCC(=O)N/N=C(/C)CC(=O)NC(C)CC. The molecule has 0 aromatic carbocycles. The van der Waals surface area contributed by atoms with E-state index in [4.69, 9.17) is 0 Å². The van der Waals surface area contributed by atoms with Crippen LogP contribution in [0.5, 0.6) is 0 Å². The Balaban J connectivity index is 3.98. The Bertz CT molecular complexity index is 274. The van der Waals surface area contributed by atoms with Gasteiger partial charge in [0, 0.05) is 18.2 Å². The van der Waals surface area contributed by atoms with Crippen LogP contribution in [0.3, 0.4) is 0 Å². The van der Waals surface area contributed by atoms with Gasteiger partial charge < -0.3 is 5.32 Å². The molecule has 0 saturated carbocycles. The summed E-state index contributed by atoms with van der Waals surface area (Å²) in [5.41, 5.74) is 2.97. The first-order valence-electron chi connectivity index (χ1n) is 5.60. The number of nitrogens with zero attached hydrogens (tertiary/aromatic N) is 1. The van der Waals surface area contributed by atoms with Gasteiger partial charge in [-0.15, -0.1) is 0 Å². The summed E-state index contributed by atoms with van der Waals surface area (Å²) in [6.45, 7) is 7.42. The van der Waals surface area contributed by atoms with E-state index in [1.165, 1.54) is 0 Å². The number of carbonyl (C=O) groups is 2. The Morgan fingerprint density at radius 3 is 2.38 bits per heavy atom. The summed E-state index contributed by atoms with van der Waals surface area (Å²) in [6.07, 6.45) is 1.50. The maximum Gasteiger partial charge on any atom is 0.239 e. The van der Waals surface area contributed by atoms with Crippen molar-refractivity contribution in [2.75, 3.05) is 0 Å². The predicted molar refractivity (Wildman–Crippen MR) is 64.1 cm³/mol. The lowest BCUT2D eigenvalue weighted by atomic mass is 10.2. The third-order valence-electron chi connectivity index (χ3n) is 2.13. The number of carbonyl (C=O) groups excluding carboxylic acids is 2. The van der Waals surface area contributed by atoms with Gasteiger partial charge in [0.15, 0.2) is 0 Å². The van der Waals surface area contributed by atoms with Crippen LogP contribution in [-0.2, 0) is 9.59 Å². The highest BCUT2D eigenvalue weighted by Crippen LogP contribution is 1.91. The first-order valence-corrected chi connectivity index (χ1v) is 5.60. The molecule has 0 bridgehead atoms. The van der Waals surface area contributed by atoms with Crippen LogP contribution in [-0.4, -0.2) is 23.6 Å². The van der Waals surface area contributed by atoms with Gasteiger partial charge in [0.1, 0.15) is 0 Å². The molecular weight excluding hydrogens is 206 g/mol. The van der Waals surface area contributed by atoms with Crippen LogP contribution in [0.15, 0.2) is 5.10 Å². The maximum absolute atomic E-state index is 11.4. The average molecular weight is 227 g/mol. The van der Waals surface area contributed by atoms with Crippen LogP contribution in [0.2, 0.25) is 0 Å². The molecule has 0 fully saturated rings. The van der Waals surface area contributed by atoms with E-state index in [0.717, 1.165) is 6.42 Å². The molecule has 16 heavy (non-hydrogen) atoms. The Morgan fingerprint density at radius 2 is 1.88 bits per heavy atom. The van der Waals surface area contributed by atoms with Crippen LogP contribution in [0.1, 0.15) is 47.0 Å². The molecule has 2 N–H and O–H groups in total. The molecule has 0 aliphatic heterocycles. The van der Waals surface area contributed by atoms with Crippen molar-refractivity contribution in [1.29, 1.82) is 0 Å². The summed E-state index contributed by atoms with van der Waals surface area (Å²) >= 11 is 0. The molecule has 1 atom stereocenters. The number of hydrazone groups is 1. The standard InChI is InChI=1S/C11H21N3O2/c1-5-8(3)12-11(16)7-9(4)13-14-10(15)6-2/h8H,5-7H2,1-4H3,(H,12,16)(H,14,15)/b13-9-. The fourth-order valence-electron chi connectivity index (χ4n) is 0.937. The molecule has 0 spiro atoms. The van der Waals surface area contributed by atoms with E-state index < -0.39 is 0 Å². The fourth-order valence-corrected chi connectivity index (χ4v) is 0.937. The van der Waals surface area contributed by atoms with Gasteiger partial charge in [0.05, 0.1) is 6.42 Å². The van der Waals surface area contributed by atoms with Gasteiger partial charge in [0.2, 0.25) is 11.8 Å². The van der Waals surface area contributed by atoms with Crippen molar-refractivity contribution in [3.05, 3.63) is 0 Å². The van der Waals surface area contributed by atoms with E-state index in [0.29, 0.717) is 12.1 Å². The van der Waals surface area contributed by atoms with Gasteiger partial charge in [-0.2, -0.15) is 5.10 Å². The highest BCUT2D eigenvalue weighted by molar-refractivity contribution is 6.00. The van der Waals surface area contributed by atoms with Crippen LogP contribution in [0, 0.1) is 0 Å². The topological polar surface area (TPSA) is 70.6 Å². The highest BCUT2D eigenvalue weighted by Gasteiger charge is 2.07. The van der Waals surface area contributed by atoms with Crippen molar-refractivity contribution in [3.63, 3.8) is 0 Å². The summed E-state index contributed by atoms with van der Waals surface area (Å²) in [5, 5.41) is 6.65. The molecule has 92 valence electrons. The quantitative estimate of drug-likeness (QED) is 0.528. The number of hydrogen-bond acceptors (Lipinski definition) is 3. The van der Waals surface area contributed by atoms with Gasteiger partial charge in [-0.1, -0.05) is 13.8 Å². The van der Waals surface area contributed by atoms with Crippen molar-refractivity contribution in [1.82, 2.24) is 10.7 Å². The molecule has 0 aliphatic carbocycles. The molecule has 5 heteroatoms. The van der Waals surface area contributed by atoms with Crippen LogP contribution >= 0.6 is 0 Å². The van der Waals surface area contributed by atoms with E-state index in [2.05, 4.69) is 15.8 Å². The lowest BCUT2D eigenvalue weighted by Gasteiger charge is -2.10. The van der Waals surface area contributed by atoms with E-state index in [1.807, 2.05) is 13.8 Å². The van der Waals surface area contributed by atoms with E-state index in [1.54, 1.807) is 13.8 Å². The molecule has 1 unspecified atom stereocenters. The summed E-state index contributed by atoms with van der Waals surface area (Å²) in [4.78, 5) is 22.3. The number of rotatable bonds is 6. The van der Waals surface area contributed by atoms with Gasteiger partial charge >= 0.3 is 0 Å². The molecule has 0 rings (SSSR count). The first kappa shape index (κ1) is 14.6. The molecular formula is C11H21N3O2. The third kappa shape index (κ3) is 6.98. The molecule has 0 heterocycles. The fraction of sp³-hybridized carbons (Fsp3) is 0.727. The Labute approximate surface area is 96.7 Å². The first-order chi connectivity index (χ1) is 7.49. The monoisotopic (exact) mass is 227 g/mol. The lowest BCUT2D eigenvalue weighted by molar-refractivity contribution is -0.121. The summed E-state index contributed by atoms with van der Waals surface area (Å²) < 4.78 is 0. The van der Waals surface area contributed by atoms with Gasteiger partial charge in [-0.05, 0) is 20.3 Å². The number of nitrogens with one attached hydrogen (secondary N) is 2.